The minimum Gasteiger partial charge on any atom is -0.551 e. The van der Waals surface area contributed by atoms with Gasteiger partial charge in [-0.15, -0.1) is 10.2 Å². The zero-order chi connectivity index (χ0) is 5.28. The van der Waals surface area contributed by atoms with E-state index >= 15 is 0 Å². The van der Waals surface area contributed by atoms with Crippen molar-refractivity contribution in [2.24, 2.45) is 0 Å². The first kappa shape index (κ1) is 4.11. The summed E-state index contributed by atoms with van der Waals surface area (Å²) in [7, 11) is 0. The number of aryl methyl sites for hydroxylation is 1. The van der Waals surface area contributed by atoms with Gasteiger partial charge in [0.1, 0.15) is 5.89 Å². The largest absolute Gasteiger partial charge is 0.551 e. The Bertz CT molecular complexity index is 143. The van der Waals surface area contributed by atoms with E-state index in [2.05, 4.69) is 14.6 Å². The van der Waals surface area contributed by atoms with Gasteiger partial charge in [-0.3, -0.25) is 0 Å². The second kappa shape index (κ2) is 1.22. The minimum absolute atomic E-state index is 0.310. The van der Waals surface area contributed by atoms with Gasteiger partial charge in [-0.1, -0.05) is 0 Å². The van der Waals surface area contributed by atoms with Crippen molar-refractivity contribution < 1.29 is 9.52 Å². The van der Waals surface area contributed by atoms with Crippen molar-refractivity contribution in [1.29, 1.82) is 0 Å². The molecule has 0 bridgehead atoms. The van der Waals surface area contributed by atoms with E-state index < -0.39 is 6.08 Å². The lowest BCUT2D eigenvalue weighted by molar-refractivity contribution is -0.301. The molecule has 0 saturated carbocycles. The monoisotopic (exact) mass is 99.0 g/mol. The Hall–Kier alpha value is -1.06. The third-order valence-electron chi connectivity index (χ3n) is 0.507. The van der Waals surface area contributed by atoms with Gasteiger partial charge in [-0.05, 0) is 6.92 Å². The molecular formula is C3H3N2O2-. The zero-order valence-corrected chi connectivity index (χ0v) is 3.71. The molecule has 4 heteroatoms. The molecule has 0 aliphatic heterocycles. The molecule has 0 amide bonds. The van der Waals surface area contributed by atoms with Gasteiger partial charge in [-0.25, -0.2) is 0 Å². The van der Waals surface area contributed by atoms with Crippen LogP contribution in [0, 0.1) is 6.92 Å². The Kier molecular flexibility index (Phi) is 0.714. The normalized spacial score (nSPS) is 9.29. The molecule has 38 valence electrons. The van der Waals surface area contributed by atoms with Gasteiger partial charge in [0.25, 0.3) is 0 Å². The lowest BCUT2D eigenvalue weighted by Gasteiger charge is -1.83. The van der Waals surface area contributed by atoms with Gasteiger partial charge >= 0.3 is 0 Å². The quantitative estimate of drug-likeness (QED) is 0.438. The summed E-state index contributed by atoms with van der Waals surface area (Å²) in [6, 6.07) is 0. The summed E-state index contributed by atoms with van der Waals surface area (Å²) in [6.45, 7) is 1.56. The van der Waals surface area contributed by atoms with Gasteiger partial charge in [0, 0.05) is 0 Å². The Morgan fingerprint density at radius 3 is 2.43 bits per heavy atom. The van der Waals surface area contributed by atoms with Crippen molar-refractivity contribution in [2.75, 3.05) is 0 Å². The number of aromatic nitrogens is 2. The number of hydrogen-bond acceptors (Lipinski definition) is 4. The van der Waals surface area contributed by atoms with Crippen molar-refractivity contribution in [1.82, 2.24) is 10.2 Å². The van der Waals surface area contributed by atoms with Crippen LogP contribution in [0.4, 0.5) is 0 Å². The molecule has 0 spiro atoms. The van der Waals surface area contributed by atoms with E-state index in [0.717, 1.165) is 0 Å². The Labute approximate surface area is 39.8 Å². The van der Waals surface area contributed by atoms with Crippen molar-refractivity contribution in [3.05, 3.63) is 5.89 Å². The first-order valence-electron chi connectivity index (χ1n) is 1.76. The Morgan fingerprint density at radius 1 is 1.57 bits per heavy atom. The van der Waals surface area contributed by atoms with Crippen molar-refractivity contribution >= 4 is 0 Å². The first-order chi connectivity index (χ1) is 3.29. The second-order valence-electron chi connectivity index (χ2n) is 1.09. The van der Waals surface area contributed by atoms with Crippen LogP contribution in [0.1, 0.15) is 5.89 Å². The van der Waals surface area contributed by atoms with Gasteiger partial charge < -0.3 is 9.52 Å². The maximum absolute atomic E-state index is 9.95. The van der Waals surface area contributed by atoms with Crippen LogP contribution in [0.15, 0.2) is 4.42 Å². The second-order valence-corrected chi connectivity index (χ2v) is 1.09. The highest BCUT2D eigenvalue weighted by atomic mass is 16.5. The lowest BCUT2D eigenvalue weighted by Crippen LogP contribution is -1.86. The molecule has 0 aliphatic rings. The SMILES string of the molecule is Cc1nnc([O-])o1. The summed E-state index contributed by atoms with van der Waals surface area (Å²) < 4.78 is 4.31. The highest BCUT2D eigenvalue weighted by molar-refractivity contribution is 4.76. The summed E-state index contributed by atoms with van der Waals surface area (Å²) in [4.78, 5) is 0. The number of hydrogen-bond donors (Lipinski definition) is 0. The van der Waals surface area contributed by atoms with Crippen LogP contribution in [-0.4, -0.2) is 10.2 Å². The van der Waals surface area contributed by atoms with Gasteiger partial charge in [0.2, 0.25) is 0 Å². The fourth-order valence-electron chi connectivity index (χ4n) is 0.278. The average molecular weight is 99.1 g/mol. The van der Waals surface area contributed by atoms with E-state index in [9.17, 15) is 5.11 Å². The van der Waals surface area contributed by atoms with Crippen molar-refractivity contribution in [2.45, 2.75) is 6.92 Å². The minimum atomic E-state index is -0.627. The van der Waals surface area contributed by atoms with Crippen LogP contribution in [-0.2, 0) is 0 Å². The van der Waals surface area contributed by atoms with Crippen LogP contribution in [0.25, 0.3) is 0 Å². The zero-order valence-electron chi connectivity index (χ0n) is 3.71. The molecule has 0 N–H and O–H groups in total. The Morgan fingerprint density at radius 2 is 2.29 bits per heavy atom. The predicted molar refractivity (Wildman–Crippen MR) is 18.5 cm³/mol. The summed E-state index contributed by atoms with van der Waals surface area (Å²) in [6.07, 6.45) is -0.627. The average Bonchev–Trinajstić information content (AvgIpc) is 1.87. The lowest BCUT2D eigenvalue weighted by atomic mass is 10.8. The van der Waals surface area contributed by atoms with Gasteiger partial charge in [0.15, 0.2) is 6.08 Å². The summed E-state index contributed by atoms with van der Waals surface area (Å²) in [5.74, 6) is 0.310. The van der Waals surface area contributed by atoms with E-state index in [4.69, 9.17) is 0 Å². The van der Waals surface area contributed by atoms with E-state index in [0.29, 0.717) is 5.89 Å². The maximum atomic E-state index is 9.95. The smallest absolute Gasteiger partial charge is 0.180 e. The van der Waals surface area contributed by atoms with E-state index in [1.807, 2.05) is 0 Å². The molecule has 0 radical (unpaired) electrons. The van der Waals surface area contributed by atoms with E-state index in [-0.39, 0.29) is 0 Å². The number of rotatable bonds is 0. The Balaban J connectivity index is 3.04. The molecule has 1 rings (SSSR count). The molecule has 0 aliphatic carbocycles. The van der Waals surface area contributed by atoms with Gasteiger partial charge in [0.05, 0.1) is 0 Å². The highest BCUT2D eigenvalue weighted by Gasteiger charge is 1.80. The van der Waals surface area contributed by atoms with Crippen LogP contribution in [0.5, 0.6) is 6.08 Å². The van der Waals surface area contributed by atoms with Crippen LogP contribution < -0.4 is 5.11 Å². The molecule has 4 nitrogen and oxygen atoms in total. The van der Waals surface area contributed by atoms with E-state index in [1.165, 1.54) is 0 Å². The summed E-state index contributed by atoms with van der Waals surface area (Å²) in [5.41, 5.74) is 0. The van der Waals surface area contributed by atoms with Crippen LogP contribution in [0.3, 0.4) is 0 Å². The molecule has 1 aromatic rings. The van der Waals surface area contributed by atoms with Crippen molar-refractivity contribution in [3.63, 3.8) is 0 Å². The van der Waals surface area contributed by atoms with Crippen molar-refractivity contribution in [3.8, 4) is 6.08 Å². The third kappa shape index (κ3) is 0.677. The standard InChI is InChI=1S/C3H4N2O2/c1-2-4-5-3(6)7-2/h1H3,(H,5,6)/p-1. The van der Waals surface area contributed by atoms with Crippen LogP contribution >= 0.6 is 0 Å². The molecule has 1 heterocycles. The molecule has 7 heavy (non-hydrogen) atoms. The first-order valence-corrected chi connectivity index (χ1v) is 1.76. The molecule has 0 unspecified atom stereocenters. The third-order valence-corrected chi connectivity index (χ3v) is 0.507. The highest BCUT2D eigenvalue weighted by Crippen LogP contribution is 1.97. The maximum Gasteiger partial charge on any atom is 0.180 e. The van der Waals surface area contributed by atoms with E-state index in [1.54, 1.807) is 6.92 Å². The summed E-state index contributed by atoms with van der Waals surface area (Å²) in [5, 5.41) is 16.3. The summed E-state index contributed by atoms with van der Waals surface area (Å²) >= 11 is 0. The van der Waals surface area contributed by atoms with Gasteiger partial charge in [-0.2, -0.15) is 0 Å². The molecular weight excluding hydrogens is 96.0 g/mol. The molecule has 0 saturated heterocycles. The predicted octanol–water partition coefficient (Wildman–Crippen LogP) is -0.548. The molecule has 0 atom stereocenters. The number of nitrogens with zero attached hydrogens (tertiary/aromatic N) is 2. The molecule has 0 fully saturated rings. The molecule has 0 aromatic carbocycles. The van der Waals surface area contributed by atoms with Crippen LogP contribution in [0.2, 0.25) is 0 Å². The topological polar surface area (TPSA) is 62.0 Å². The fraction of sp³-hybridized carbons (Fsp3) is 0.333. The molecule has 1 aromatic heterocycles. The fourth-order valence-corrected chi connectivity index (χ4v) is 0.278.